The molecule has 0 bridgehead atoms. The molecule has 2 rings (SSSR count). The number of carbonyl (C=O) groups is 2. The average molecular weight is 404 g/mol. The van der Waals surface area contributed by atoms with Gasteiger partial charge >= 0.3 is 11.9 Å². The van der Waals surface area contributed by atoms with Crippen molar-refractivity contribution in [1.82, 2.24) is 14.8 Å². The molecule has 0 aliphatic carbocycles. The summed E-state index contributed by atoms with van der Waals surface area (Å²) in [5.74, 6) is -3.05. The minimum atomic E-state index is -1.82. The fourth-order valence-corrected chi connectivity index (χ4v) is 2.52. The monoisotopic (exact) mass is 403 g/mol. The lowest BCUT2D eigenvalue weighted by atomic mass is 10.2. The van der Waals surface area contributed by atoms with Crippen molar-refractivity contribution in [3.8, 4) is 5.88 Å². The number of rotatable bonds is 3. The van der Waals surface area contributed by atoms with Gasteiger partial charge in [0, 0.05) is 13.6 Å². The van der Waals surface area contributed by atoms with Crippen LogP contribution in [0.3, 0.4) is 0 Å². The van der Waals surface area contributed by atoms with Crippen molar-refractivity contribution in [2.24, 2.45) is 0 Å². The zero-order valence-electron chi connectivity index (χ0n) is 15.0. The van der Waals surface area contributed by atoms with Crippen LogP contribution in [0.15, 0.2) is 6.07 Å². The number of aryl methyl sites for hydroxylation is 1. The molecule has 0 saturated carbocycles. The van der Waals surface area contributed by atoms with Gasteiger partial charge in [0.2, 0.25) is 5.88 Å². The Morgan fingerprint density at radius 2 is 2.00 bits per heavy atom. The van der Waals surface area contributed by atoms with E-state index in [1.807, 2.05) is 24.9 Å². The van der Waals surface area contributed by atoms with E-state index in [4.69, 9.17) is 48.4 Å². The van der Waals surface area contributed by atoms with Crippen molar-refractivity contribution in [1.29, 1.82) is 0 Å². The second-order valence-corrected chi connectivity index (χ2v) is 6.83. The normalized spacial score (nSPS) is 16.2. The smallest absolute Gasteiger partial charge is 0.414 e. The van der Waals surface area contributed by atoms with Crippen molar-refractivity contribution in [3.05, 3.63) is 22.3 Å². The predicted molar refractivity (Wildman–Crippen MR) is 101 cm³/mol. The number of likely N-dealkylation sites (N-methyl/N-ethyl adjacent to an activating group) is 1. The fraction of sp³-hybridized carbons (Fsp3) is 0.500. The maximum atomic E-state index is 9.10. The van der Waals surface area contributed by atoms with Crippen LogP contribution >= 0.6 is 23.8 Å². The number of ether oxygens (including phenoxy) is 1. The summed E-state index contributed by atoms with van der Waals surface area (Å²) in [7, 11) is 6.10. The summed E-state index contributed by atoms with van der Waals surface area (Å²) in [6.07, 6.45) is 1.01. The van der Waals surface area contributed by atoms with Crippen LogP contribution in [-0.4, -0.2) is 82.3 Å². The average Bonchev–Trinajstić information content (AvgIpc) is 2.65. The van der Waals surface area contributed by atoms with Crippen LogP contribution in [-0.2, 0) is 9.59 Å². The van der Waals surface area contributed by atoms with E-state index >= 15 is 0 Å². The second kappa shape index (κ2) is 9.65. The number of hydrogen-bond donors (Lipinski definition) is 2. The quantitative estimate of drug-likeness (QED) is 0.574. The standard InChI is InChI=1S/C14H20ClN3OS.C2H2O4/c1-9-12(15)7-11-13(16-9)19-10(5-6-17(2)3)8-18(4)14(11)20;3-1(4)2(5)6/h7,10H,5-6,8H2,1-4H3;(H,3,4)(H,5,6). The Labute approximate surface area is 162 Å². The van der Waals surface area contributed by atoms with Gasteiger partial charge < -0.3 is 24.7 Å². The van der Waals surface area contributed by atoms with E-state index < -0.39 is 11.9 Å². The molecule has 0 aromatic carbocycles. The van der Waals surface area contributed by atoms with Crippen LogP contribution in [0.5, 0.6) is 5.88 Å². The van der Waals surface area contributed by atoms with Gasteiger partial charge in [-0.3, -0.25) is 0 Å². The summed E-state index contributed by atoms with van der Waals surface area (Å²) in [5.41, 5.74) is 1.58. The highest BCUT2D eigenvalue weighted by Gasteiger charge is 2.26. The summed E-state index contributed by atoms with van der Waals surface area (Å²) < 4.78 is 6.06. The van der Waals surface area contributed by atoms with Crippen LogP contribution in [0.2, 0.25) is 5.02 Å². The molecule has 1 aliphatic heterocycles. The molecule has 0 fully saturated rings. The highest BCUT2D eigenvalue weighted by atomic mass is 35.5. The van der Waals surface area contributed by atoms with E-state index in [9.17, 15) is 0 Å². The maximum absolute atomic E-state index is 9.10. The molecule has 0 spiro atoms. The number of aliphatic carboxylic acids is 2. The van der Waals surface area contributed by atoms with Crippen molar-refractivity contribution >= 4 is 40.7 Å². The van der Waals surface area contributed by atoms with E-state index in [2.05, 4.69) is 24.0 Å². The first-order valence-electron chi connectivity index (χ1n) is 7.73. The van der Waals surface area contributed by atoms with Gasteiger partial charge in [-0.2, -0.15) is 0 Å². The van der Waals surface area contributed by atoms with E-state index in [0.717, 1.165) is 35.8 Å². The Morgan fingerprint density at radius 1 is 1.42 bits per heavy atom. The Bertz CT molecular complexity index is 687. The van der Waals surface area contributed by atoms with Gasteiger partial charge in [0.15, 0.2) is 0 Å². The van der Waals surface area contributed by atoms with Gasteiger partial charge in [-0.05, 0) is 33.5 Å². The van der Waals surface area contributed by atoms with Gasteiger partial charge in [0.05, 0.1) is 22.8 Å². The molecule has 0 radical (unpaired) electrons. The second-order valence-electron chi connectivity index (χ2n) is 6.04. The molecule has 1 unspecified atom stereocenters. The number of carboxylic acids is 2. The molecule has 2 heterocycles. The largest absolute Gasteiger partial charge is 0.473 e. The SMILES string of the molecule is Cc1nc2c(cc1Cl)C(=S)N(C)CC(CCN(C)C)O2.O=C(O)C(=O)O. The number of pyridine rings is 1. The first kappa shape index (κ1) is 22.1. The number of fused-ring (bicyclic) bond motifs is 1. The van der Waals surface area contributed by atoms with Crippen molar-refractivity contribution in [2.75, 3.05) is 34.2 Å². The topological polar surface area (TPSA) is 103 Å². The van der Waals surface area contributed by atoms with Gasteiger partial charge in [-0.25, -0.2) is 14.6 Å². The molecule has 1 aromatic heterocycles. The van der Waals surface area contributed by atoms with Gasteiger partial charge in [-0.15, -0.1) is 0 Å². The highest BCUT2D eigenvalue weighted by Crippen LogP contribution is 2.28. The lowest BCUT2D eigenvalue weighted by molar-refractivity contribution is -0.159. The van der Waals surface area contributed by atoms with Crippen LogP contribution in [0.25, 0.3) is 0 Å². The maximum Gasteiger partial charge on any atom is 0.414 e. The Kier molecular flexibility index (Phi) is 8.19. The molecule has 1 aliphatic rings. The third-order valence-corrected chi connectivity index (χ3v) is 4.44. The highest BCUT2D eigenvalue weighted by molar-refractivity contribution is 7.80. The lowest BCUT2D eigenvalue weighted by Gasteiger charge is -2.22. The molecule has 10 heteroatoms. The van der Waals surface area contributed by atoms with Crippen LogP contribution in [0.1, 0.15) is 17.7 Å². The molecular formula is C16H22ClN3O5S. The number of hydrogen-bond acceptors (Lipinski definition) is 6. The molecule has 1 aromatic rings. The van der Waals surface area contributed by atoms with Crippen LogP contribution in [0, 0.1) is 6.92 Å². The van der Waals surface area contributed by atoms with E-state index in [1.165, 1.54) is 0 Å². The van der Waals surface area contributed by atoms with Crippen molar-refractivity contribution < 1.29 is 24.5 Å². The molecule has 26 heavy (non-hydrogen) atoms. The van der Waals surface area contributed by atoms with Crippen LogP contribution < -0.4 is 4.74 Å². The summed E-state index contributed by atoms with van der Waals surface area (Å²) in [4.78, 5) is 27.6. The number of thiocarbonyl (C=S) groups is 1. The van der Waals surface area contributed by atoms with Crippen molar-refractivity contribution in [3.63, 3.8) is 0 Å². The number of halogens is 1. The number of carboxylic acid groups (broad SMARTS) is 2. The minimum Gasteiger partial charge on any atom is -0.473 e. The molecule has 8 nitrogen and oxygen atoms in total. The number of nitrogens with zero attached hydrogens (tertiary/aromatic N) is 3. The van der Waals surface area contributed by atoms with Gasteiger partial charge in [-0.1, -0.05) is 23.8 Å². The third-order valence-electron chi connectivity index (χ3n) is 3.53. The van der Waals surface area contributed by atoms with E-state index in [1.54, 1.807) is 0 Å². The summed E-state index contributed by atoms with van der Waals surface area (Å²) in [6.45, 7) is 3.60. The Hall–Kier alpha value is -1.97. The molecular weight excluding hydrogens is 382 g/mol. The molecule has 144 valence electrons. The minimum absolute atomic E-state index is 0.0784. The lowest BCUT2D eigenvalue weighted by Crippen LogP contribution is -2.35. The van der Waals surface area contributed by atoms with Gasteiger partial charge in [0.25, 0.3) is 0 Å². The first-order chi connectivity index (χ1) is 12.0. The summed E-state index contributed by atoms with van der Waals surface area (Å²) in [6, 6.07) is 1.85. The zero-order chi connectivity index (χ0) is 20.0. The molecule has 2 N–H and O–H groups in total. The number of aromatic nitrogens is 1. The Morgan fingerprint density at radius 3 is 2.50 bits per heavy atom. The van der Waals surface area contributed by atoms with E-state index in [-0.39, 0.29) is 6.10 Å². The Balaban J connectivity index is 0.000000487. The summed E-state index contributed by atoms with van der Waals surface area (Å²) in [5, 5.41) is 15.4. The zero-order valence-corrected chi connectivity index (χ0v) is 16.6. The van der Waals surface area contributed by atoms with Crippen LogP contribution in [0.4, 0.5) is 0 Å². The molecule has 0 saturated heterocycles. The van der Waals surface area contributed by atoms with E-state index in [0.29, 0.717) is 10.9 Å². The summed E-state index contributed by atoms with van der Waals surface area (Å²) >= 11 is 11.6. The van der Waals surface area contributed by atoms with Gasteiger partial charge in [0.1, 0.15) is 11.1 Å². The fourth-order valence-electron chi connectivity index (χ4n) is 2.14. The third kappa shape index (κ3) is 6.40. The van der Waals surface area contributed by atoms with Crippen molar-refractivity contribution in [2.45, 2.75) is 19.4 Å². The first-order valence-corrected chi connectivity index (χ1v) is 8.51. The molecule has 1 atom stereocenters. The predicted octanol–water partition coefficient (Wildman–Crippen LogP) is 1.52. The molecule has 0 amide bonds.